The summed E-state index contributed by atoms with van der Waals surface area (Å²) in [4.78, 5) is 11.6. The molecule has 0 radical (unpaired) electrons. The minimum absolute atomic E-state index is 0.0991. The third-order valence-corrected chi connectivity index (χ3v) is 5.60. The number of hydrogen-bond acceptors (Lipinski definition) is 5. The second-order valence-electron chi connectivity index (χ2n) is 7.60. The van der Waals surface area contributed by atoms with Gasteiger partial charge in [-0.15, -0.1) is 0 Å². The summed E-state index contributed by atoms with van der Waals surface area (Å²) >= 11 is 0. The van der Waals surface area contributed by atoms with Crippen LogP contribution in [0.25, 0.3) is 11.3 Å². The molecular formula is C23H23N5. The molecule has 0 saturated heterocycles. The van der Waals surface area contributed by atoms with Gasteiger partial charge in [-0.25, -0.2) is 9.97 Å². The van der Waals surface area contributed by atoms with Crippen molar-refractivity contribution >= 4 is 17.3 Å². The minimum Gasteiger partial charge on any atom is -0.383 e. The van der Waals surface area contributed by atoms with E-state index in [1.807, 2.05) is 12.1 Å². The van der Waals surface area contributed by atoms with Crippen LogP contribution in [-0.4, -0.2) is 9.97 Å². The van der Waals surface area contributed by atoms with E-state index < -0.39 is 0 Å². The van der Waals surface area contributed by atoms with Crippen molar-refractivity contribution in [1.29, 1.82) is 0 Å². The predicted octanol–water partition coefficient (Wildman–Crippen LogP) is 4.89. The normalized spacial score (nSPS) is 20.2. The fourth-order valence-corrected chi connectivity index (χ4v) is 3.99. The lowest BCUT2D eigenvalue weighted by Crippen LogP contribution is -2.34. The average molecular weight is 369 g/mol. The van der Waals surface area contributed by atoms with E-state index in [4.69, 9.17) is 10.7 Å². The lowest BCUT2D eigenvalue weighted by molar-refractivity contribution is 0.566. The van der Waals surface area contributed by atoms with E-state index in [-0.39, 0.29) is 6.17 Å². The minimum atomic E-state index is -0.0991. The van der Waals surface area contributed by atoms with Gasteiger partial charge in [0.15, 0.2) is 5.82 Å². The van der Waals surface area contributed by atoms with E-state index in [0.717, 1.165) is 34.7 Å². The maximum Gasteiger partial charge on any atom is 0.158 e. The van der Waals surface area contributed by atoms with Crippen LogP contribution in [0.3, 0.4) is 0 Å². The highest BCUT2D eigenvalue weighted by Crippen LogP contribution is 2.47. The van der Waals surface area contributed by atoms with E-state index >= 15 is 0 Å². The third kappa shape index (κ3) is 2.62. The first kappa shape index (κ1) is 16.8. The molecule has 2 aliphatic rings. The molecule has 0 fully saturated rings. The van der Waals surface area contributed by atoms with Crippen molar-refractivity contribution < 1.29 is 0 Å². The number of aryl methyl sites for hydroxylation is 1. The smallest absolute Gasteiger partial charge is 0.158 e. The number of nitrogen functional groups attached to an aromatic ring is 1. The first-order chi connectivity index (χ1) is 13.6. The monoisotopic (exact) mass is 369 g/mol. The summed E-state index contributed by atoms with van der Waals surface area (Å²) in [5, 5.41) is 3.60. The van der Waals surface area contributed by atoms with E-state index in [0.29, 0.717) is 11.7 Å². The Labute approximate surface area is 164 Å². The number of nitrogens with two attached hydrogens (primary N) is 1. The summed E-state index contributed by atoms with van der Waals surface area (Å²) in [6.07, 6.45) is 5.00. The van der Waals surface area contributed by atoms with Crippen LogP contribution in [0.4, 0.5) is 17.3 Å². The van der Waals surface area contributed by atoms with Crippen molar-refractivity contribution in [3.63, 3.8) is 0 Å². The SMILES string of the molecule is Cc1cccc(-c2ccc3c(n2)N(C2=CC[C@H]2C)C(c2cccnc2N)N3)c1. The molecule has 3 N–H and O–H groups in total. The van der Waals surface area contributed by atoms with Gasteiger partial charge in [0.2, 0.25) is 0 Å². The van der Waals surface area contributed by atoms with Gasteiger partial charge in [-0.2, -0.15) is 0 Å². The Kier molecular flexibility index (Phi) is 3.83. The zero-order chi connectivity index (χ0) is 19.3. The molecule has 1 aromatic carbocycles. The van der Waals surface area contributed by atoms with Gasteiger partial charge in [0.25, 0.3) is 0 Å². The molecule has 1 unspecified atom stereocenters. The molecule has 28 heavy (non-hydrogen) atoms. The van der Waals surface area contributed by atoms with E-state index in [1.54, 1.807) is 6.20 Å². The number of fused-ring (bicyclic) bond motifs is 1. The molecule has 1 aliphatic carbocycles. The topological polar surface area (TPSA) is 67.1 Å². The van der Waals surface area contributed by atoms with Crippen LogP contribution in [0.5, 0.6) is 0 Å². The molecular weight excluding hydrogens is 346 g/mol. The molecule has 0 amide bonds. The Morgan fingerprint density at radius 3 is 2.75 bits per heavy atom. The standard InChI is InChI=1S/C23H23N5/c1-14-5-3-6-16(13-14)18-9-10-19-23(26-18)28(20-11-8-15(20)2)22(27-19)17-7-4-12-25-21(17)24/h3-7,9-13,15,22,27H,8H2,1-2H3,(H2,24,25)/t15-,22?/m1/s1. The summed E-state index contributed by atoms with van der Waals surface area (Å²) in [5.74, 6) is 1.99. The van der Waals surface area contributed by atoms with Crippen LogP contribution < -0.4 is 16.0 Å². The van der Waals surface area contributed by atoms with Crippen LogP contribution in [0.2, 0.25) is 0 Å². The molecule has 5 rings (SSSR count). The molecule has 3 heterocycles. The number of rotatable bonds is 3. The fraction of sp³-hybridized carbons (Fsp3) is 0.217. The number of nitrogens with one attached hydrogen (secondary N) is 1. The highest BCUT2D eigenvalue weighted by Gasteiger charge is 2.38. The Morgan fingerprint density at radius 2 is 2.04 bits per heavy atom. The van der Waals surface area contributed by atoms with Gasteiger partial charge >= 0.3 is 0 Å². The number of anilines is 3. The highest BCUT2D eigenvalue weighted by molar-refractivity contribution is 5.80. The lowest BCUT2D eigenvalue weighted by atomic mass is 9.90. The van der Waals surface area contributed by atoms with Crippen LogP contribution in [-0.2, 0) is 0 Å². The van der Waals surface area contributed by atoms with E-state index in [2.05, 4.69) is 71.5 Å². The zero-order valence-electron chi connectivity index (χ0n) is 16.1. The Hall–Kier alpha value is -3.34. The predicted molar refractivity (Wildman–Crippen MR) is 114 cm³/mol. The number of benzene rings is 1. The Bertz CT molecular complexity index is 1090. The van der Waals surface area contributed by atoms with Crippen LogP contribution >= 0.6 is 0 Å². The van der Waals surface area contributed by atoms with Gasteiger partial charge in [-0.05, 0) is 49.6 Å². The van der Waals surface area contributed by atoms with E-state index in [1.165, 1.54) is 11.3 Å². The summed E-state index contributed by atoms with van der Waals surface area (Å²) in [7, 11) is 0. The molecule has 0 bridgehead atoms. The summed E-state index contributed by atoms with van der Waals surface area (Å²) in [6, 6.07) is 16.6. The van der Waals surface area contributed by atoms with Crippen molar-refractivity contribution in [3.05, 3.63) is 77.6 Å². The molecule has 140 valence electrons. The largest absolute Gasteiger partial charge is 0.383 e. The molecule has 1 aliphatic heterocycles. The van der Waals surface area contributed by atoms with Gasteiger partial charge in [0.1, 0.15) is 12.0 Å². The van der Waals surface area contributed by atoms with Gasteiger partial charge in [-0.3, -0.25) is 0 Å². The molecule has 0 saturated carbocycles. The maximum atomic E-state index is 6.21. The fourth-order valence-electron chi connectivity index (χ4n) is 3.99. The van der Waals surface area contributed by atoms with Crippen molar-refractivity contribution in [1.82, 2.24) is 9.97 Å². The van der Waals surface area contributed by atoms with Crippen LogP contribution in [0.1, 0.15) is 30.6 Å². The van der Waals surface area contributed by atoms with Crippen LogP contribution in [0, 0.1) is 12.8 Å². The van der Waals surface area contributed by atoms with Gasteiger partial charge < -0.3 is 16.0 Å². The summed E-state index contributed by atoms with van der Waals surface area (Å²) in [6.45, 7) is 4.36. The third-order valence-electron chi connectivity index (χ3n) is 5.60. The Morgan fingerprint density at radius 1 is 1.14 bits per heavy atom. The molecule has 2 atom stereocenters. The van der Waals surface area contributed by atoms with Crippen molar-refractivity contribution in [2.75, 3.05) is 16.0 Å². The molecule has 5 nitrogen and oxygen atoms in total. The zero-order valence-corrected chi connectivity index (χ0v) is 16.1. The quantitative estimate of drug-likeness (QED) is 0.688. The van der Waals surface area contributed by atoms with Gasteiger partial charge in [-0.1, -0.05) is 36.8 Å². The number of hydrogen-bond donors (Lipinski definition) is 2. The molecule has 2 aromatic heterocycles. The van der Waals surface area contributed by atoms with Crippen molar-refractivity contribution in [2.24, 2.45) is 5.92 Å². The second kappa shape index (κ2) is 6.37. The number of allylic oxidation sites excluding steroid dienone is 2. The first-order valence-electron chi connectivity index (χ1n) is 9.66. The van der Waals surface area contributed by atoms with Crippen molar-refractivity contribution in [3.8, 4) is 11.3 Å². The first-order valence-corrected chi connectivity index (χ1v) is 9.66. The van der Waals surface area contributed by atoms with Gasteiger partial charge in [0.05, 0.1) is 11.4 Å². The lowest BCUT2D eigenvalue weighted by Gasteiger charge is -2.36. The number of nitrogens with zero attached hydrogens (tertiary/aromatic N) is 3. The van der Waals surface area contributed by atoms with E-state index in [9.17, 15) is 0 Å². The molecule has 3 aromatic rings. The van der Waals surface area contributed by atoms with Crippen molar-refractivity contribution in [2.45, 2.75) is 26.4 Å². The second-order valence-corrected chi connectivity index (χ2v) is 7.60. The van der Waals surface area contributed by atoms with Crippen LogP contribution in [0.15, 0.2) is 66.5 Å². The maximum absolute atomic E-state index is 6.21. The average Bonchev–Trinajstić information content (AvgIpc) is 3.05. The summed E-state index contributed by atoms with van der Waals surface area (Å²) < 4.78 is 0. The Balaban J connectivity index is 1.62. The van der Waals surface area contributed by atoms with Gasteiger partial charge in [0, 0.05) is 23.0 Å². The molecule has 5 heteroatoms. The summed E-state index contributed by atoms with van der Waals surface area (Å²) in [5.41, 5.74) is 12.8. The number of aromatic nitrogens is 2. The number of pyridine rings is 2. The highest BCUT2D eigenvalue weighted by atomic mass is 15.4. The molecule has 0 spiro atoms.